The molecule has 2 saturated carbocycles. The van der Waals surface area contributed by atoms with Crippen molar-refractivity contribution >= 4 is 28.4 Å². The van der Waals surface area contributed by atoms with Crippen LogP contribution in [0.4, 0.5) is 0 Å². The van der Waals surface area contributed by atoms with Crippen LogP contribution in [0.25, 0.3) is 28.1 Å². The summed E-state index contributed by atoms with van der Waals surface area (Å²) in [7, 11) is 0. The van der Waals surface area contributed by atoms with Gasteiger partial charge in [0, 0.05) is 35.8 Å². The number of para-hydroxylation sites is 1. The molecular weight excluding hydrogens is 498 g/mol. The lowest BCUT2D eigenvalue weighted by Crippen LogP contribution is -2.37. The van der Waals surface area contributed by atoms with Crippen LogP contribution in [0.1, 0.15) is 35.4 Å². The van der Waals surface area contributed by atoms with E-state index >= 15 is 0 Å². The molecule has 38 heavy (non-hydrogen) atoms. The number of aromatic nitrogens is 6. The summed E-state index contributed by atoms with van der Waals surface area (Å²) in [5, 5.41) is 13.8. The third-order valence-electron chi connectivity index (χ3n) is 7.88. The highest BCUT2D eigenvalue weighted by Gasteiger charge is 2.62. The first-order chi connectivity index (χ1) is 18.6. The lowest BCUT2D eigenvalue weighted by atomic mass is 9.69. The van der Waals surface area contributed by atoms with E-state index in [9.17, 15) is 4.79 Å². The van der Waals surface area contributed by atoms with Gasteiger partial charge in [0.15, 0.2) is 5.82 Å². The summed E-state index contributed by atoms with van der Waals surface area (Å²) in [5.74, 6) is 1.94. The average Bonchev–Trinajstić information content (AvgIpc) is 3.48. The monoisotopic (exact) mass is 521 g/mol. The molecule has 1 N–H and O–H groups in total. The van der Waals surface area contributed by atoms with E-state index in [1.54, 1.807) is 12.4 Å². The Morgan fingerprint density at radius 1 is 0.974 bits per heavy atom. The SMILES string of the molecule is O=C(NC1CC12CC(Cc1nnc(-c3ccncn3)n1-c1ccccc1Cl)C2)c1cccc2ncccc12. The molecule has 2 fully saturated rings. The highest BCUT2D eigenvalue weighted by molar-refractivity contribution is 6.32. The van der Waals surface area contributed by atoms with Crippen molar-refractivity contribution in [2.75, 3.05) is 0 Å². The van der Waals surface area contributed by atoms with Gasteiger partial charge >= 0.3 is 0 Å². The summed E-state index contributed by atoms with van der Waals surface area (Å²) in [5.41, 5.74) is 3.22. The Hall–Kier alpha value is -4.17. The molecule has 1 atom stereocenters. The third-order valence-corrected chi connectivity index (χ3v) is 8.20. The van der Waals surface area contributed by atoms with E-state index in [1.165, 1.54) is 6.33 Å². The molecule has 1 spiro atoms. The molecule has 0 bridgehead atoms. The van der Waals surface area contributed by atoms with E-state index in [1.807, 2.05) is 65.2 Å². The van der Waals surface area contributed by atoms with Gasteiger partial charge in [-0.1, -0.05) is 35.9 Å². The molecule has 1 amide bonds. The standard InChI is InChI=1S/C29H24ClN7O/c30-21-7-1-2-9-24(21)37-26(35-36-27(37)23-10-12-31-17-33-23)13-18-14-29(15-18)16-25(29)34-28(38)20-5-3-8-22-19(20)6-4-11-32-22/h1-12,17-18,25H,13-16H2,(H,34,38). The minimum absolute atomic E-state index is 0.0260. The number of amides is 1. The Morgan fingerprint density at radius 3 is 2.71 bits per heavy atom. The van der Waals surface area contributed by atoms with Crippen molar-refractivity contribution in [2.45, 2.75) is 31.7 Å². The number of nitrogens with zero attached hydrogens (tertiary/aromatic N) is 6. The number of halogens is 1. The molecule has 0 saturated heterocycles. The maximum Gasteiger partial charge on any atom is 0.252 e. The van der Waals surface area contributed by atoms with Gasteiger partial charge in [-0.05, 0) is 67.0 Å². The van der Waals surface area contributed by atoms with Crippen molar-refractivity contribution in [1.29, 1.82) is 0 Å². The van der Waals surface area contributed by atoms with Gasteiger partial charge in [0.05, 0.1) is 16.2 Å². The van der Waals surface area contributed by atoms with E-state index in [0.29, 0.717) is 28.0 Å². The zero-order valence-corrected chi connectivity index (χ0v) is 21.2. The Bertz CT molecular complexity index is 1660. The fourth-order valence-electron chi connectivity index (χ4n) is 5.96. The van der Waals surface area contributed by atoms with Crippen molar-refractivity contribution in [3.05, 3.63) is 95.8 Å². The highest BCUT2D eigenvalue weighted by atomic mass is 35.5. The van der Waals surface area contributed by atoms with E-state index in [4.69, 9.17) is 11.6 Å². The van der Waals surface area contributed by atoms with Crippen LogP contribution >= 0.6 is 11.6 Å². The summed E-state index contributed by atoms with van der Waals surface area (Å²) in [6.45, 7) is 0. The molecule has 5 aromatic rings. The van der Waals surface area contributed by atoms with Crippen LogP contribution in [0.2, 0.25) is 5.02 Å². The van der Waals surface area contributed by atoms with Crippen LogP contribution in [0.3, 0.4) is 0 Å². The summed E-state index contributed by atoms with van der Waals surface area (Å²) < 4.78 is 2.01. The number of fused-ring (bicyclic) bond motifs is 1. The number of hydrogen-bond acceptors (Lipinski definition) is 6. The number of pyridine rings is 1. The minimum Gasteiger partial charge on any atom is -0.349 e. The summed E-state index contributed by atoms with van der Waals surface area (Å²) in [6.07, 6.45) is 8.84. The fourth-order valence-corrected chi connectivity index (χ4v) is 6.18. The Labute approximate surface area is 224 Å². The normalized spacial score (nSPS) is 21.8. The van der Waals surface area contributed by atoms with Crippen molar-refractivity contribution < 1.29 is 4.79 Å². The van der Waals surface area contributed by atoms with Crippen LogP contribution in [0.15, 0.2) is 79.4 Å². The summed E-state index contributed by atoms with van der Waals surface area (Å²) >= 11 is 6.59. The number of carbonyl (C=O) groups excluding carboxylic acids is 1. The van der Waals surface area contributed by atoms with E-state index in [-0.39, 0.29) is 17.4 Å². The Kier molecular flexibility index (Phi) is 5.44. The largest absolute Gasteiger partial charge is 0.349 e. The zero-order chi connectivity index (χ0) is 25.7. The molecule has 9 heteroatoms. The summed E-state index contributed by atoms with van der Waals surface area (Å²) in [6, 6.07) is 19.2. The lowest BCUT2D eigenvalue weighted by molar-refractivity contribution is 0.0920. The molecule has 2 aromatic carbocycles. The lowest BCUT2D eigenvalue weighted by Gasteiger charge is -2.37. The molecule has 1 unspecified atom stereocenters. The quantitative estimate of drug-likeness (QED) is 0.335. The Balaban J connectivity index is 1.07. The molecule has 0 aliphatic heterocycles. The van der Waals surface area contributed by atoms with Crippen molar-refractivity contribution in [3.8, 4) is 17.2 Å². The highest BCUT2D eigenvalue weighted by Crippen LogP contribution is 2.64. The first-order valence-corrected chi connectivity index (χ1v) is 13.1. The van der Waals surface area contributed by atoms with Gasteiger partial charge in [0.25, 0.3) is 5.91 Å². The number of carbonyl (C=O) groups is 1. The topological polar surface area (TPSA) is 98.5 Å². The van der Waals surface area contributed by atoms with Crippen molar-refractivity contribution in [3.63, 3.8) is 0 Å². The number of rotatable bonds is 6. The molecule has 2 aliphatic rings. The molecule has 3 aromatic heterocycles. The van der Waals surface area contributed by atoms with Gasteiger partial charge < -0.3 is 5.32 Å². The van der Waals surface area contributed by atoms with Crippen LogP contribution in [-0.4, -0.2) is 41.7 Å². The molecule has 188 valence electrons. The second kappa shape index (κ2) is 8.99. The predicted molar refractivity (Wildman–Crippen MR) is 144 cm³/mol. The second-order valence-electron chi connectivity index (χ2n) is 10.3. The number of nitrogens with one attached hydrogen (secondary N) is 1. The van der Waals surface area contributed by atoms with Crippen LogP contribution in [0, 0.1) is 11.3 Å². The van der Waals surface area contributed by atoms with Crippen LogP contribution < -0.4 is 5.32 Å². The van der Waals surface area contributed by atoms with Gasteiger partial charge in [-0.15, -0.1) is 10.2 Å². The maximum atomic E-state index is 13.1. The van der Waals surface area contributed by atoms with Crippen LogP contribution in [0.5, 0.6) is 0 Å². The molecule has 7 rings (SSSR count). The van der Waals surface area contributed by atoms with Gasteiger partial charge in [-0.3, -0.25) is 14.3 Å². The molecule has 3 heterocycles. The van der Waals surface area contributed by atoms with Crippen molar-refractivity contribution in [2.24, 2.45) is 11.3 Å². The fraction of sp³-hybridized carbons (Fsp3) is 0.241. The van der Waals surface area contributed by atoms with Crippen LogP contribution in [-0.2, 0) is 6.42 Å². The first kappa shape index (κ1) is 23.0. The average molecular weight is 522 g/mol. The first-order valence-electron chi connectivity index (χ1n) is 12.7. The zero-order valence-electron chi connectivity index (χ0n) is 20.5. The van der Waals surface area contributed by atoms with Gasteiger partial charge in [0.1, 0.15) is 17.8 Å². The maximum absolute atomic E-state index is 13.1. The third kappa shape index (κ3) is 3.92. The van der Waals surface area contributed by atoms with Gasteiger partial charge in [0.2, 0.25) is 0 Å². The number of hydrogen-bond donors (Lipinski definition) is 1. The van der Waals surface area contributed by atoms with Gasteiger partial charge in [-0.2, -0.15) is 0 Å². The second-order valence-corrected chi connectivity index (χ2v) is 10.7. The molecule has 8 nitrogen and oxygen atoms in total. The Morgan fingerprint density at radius 2 is 1.87 bits per heavy atom. The van der Waals surface area contributed by atoms with Crippen molar-refractivity contribution in [1.82, 2.24) is 35.0 Å². The van der Waals surface area contributed by atoms with E-state index < -0.39 is 0 Å². The van der Waals surface area contributed by atoms with Gasteiger partial charge in [-0.25, -0.2) is 9.97 Å². The summed E-state index contributed by atoms with van der Waals surface area (Å²) in [4.78, 5) is 25.9. The molecular formula is C29H24ClN7O. The predicted octanol–water partition coefficient (Wildman–Crippen LogP) is 5.07. The molecule has 0 radical (unpaired) electrons. The minimum atomic E-state index is -0.0260. The smallest absolute Gasteiger partial charge is 0.252 e. The van der Waals surface area contributed by atoms with E-state index in [2.05, 4.69) is 30.5 Å². The molecule has 2 aliphatic carbocycles. The van der Waals surface area contributed by atoms with E-state index in [0.717, 1.165) is 48.1 Å². The number of benzene rings is 2.